The van der Waals surface area contributed by atoms with E-state index in [1.54, 1.807) is 32.1 Å². The zero-order chi connectivity index (χ0) is 20.3. The normalized spacial score (nSPS) is 15.8. The lowest BCUT2D eigenvalue weighted by Crippen LogP contribution is -2.30. The first-order chi connectivity index (χ1) is 13.3. The molecule has 1 aliphatic rings. The molecule has 0 saturated heterocycles. The van der Waals surface area contributed by atoms with Crippen molar-refractivity contribution in [3.8, 4) is 0 Å². The monoisotopic (exact) mass is 398 g/mol. The fraction of sp³-hybridized carbons (Fsp3) is 0.238. The van der Waals surface area contributed by atoms with Gasteiger partial charge in [-0.15, -0.1) is 0 Å². The number of sulfonamides is 1. The SMILES string of the molecule is CCN(CC)S(=O)(=O)c1cccc(C2=N/C(=C/c3ccc(C)cc3)C(=O)O2)c1. The van der Waals surface area contributed by atoms with E-state index in [1.807, 2.05) is 31.2 Å². The number of ether oxygens (including phenoxy) is 1. The number of nitrogens with zero attached hydrogens (tertiary/aromatic N) is 2. The van der Waals surface area contributed by atoms with Crippen molar-refractivity contribution in [2.75, 3.05) is 13.1 Å². The van der Waals surface area contributed by atoms with Gasteiger partial charge in [-0.1, -0.05) is 49.7 Å². The highest BCUT2D eigenvalue weighted by atomic mass is 32.2. The molecule has 3 rings (SSSR count). The zero-order valence-corrected chi connectivity index (χ0v) is 16.9. The Hall–Kier alpha value is -2.77. The molecule has 0 bridgehead atoms. The minimum atomic E-state index is -3.61. The summed E-state index contributed by atoms with van der Waals surface area (Å²) < 4.78 is 32.1. The van der Waals surface area contributed by atoms with E-state index in [0.29, 0.717) is 18.7 Å². The summed E-state index contributed by atoms with van der Waals surface area (Å²) in [6.07, 6.45) is 1.64. The Morgan fingerprint density at radius 1 is 1.07 bits per heavy atom. The smallest absolute Gasteiger partial charge is 0.363 e. The van der Waals surface area contributed by atoms with Gasteiger partial charge in [-0.25, -0.2) is 18.2 Å². The Morgan fingerprint density at radius 3 is 2.39 bits per heavy atom. The van der Waals surface area contributed by atoms with Crippen molar-refractivity contribution in [2.45, 2.75) is 25.7 Å². The van der Waals surface area contributed by atoms with E-state index in [4.69, 9.17) is 4.74 Å². The number of aryl methyl sites for hydroxylation is 1. The van der Waals surface area contributed by atoms with E-state index in [9.17, 15) is 13.2 Å². The highest BCUT2D eigenvalue weighted by molar-refractivity contribution is 7.89. The first-order valence-corrected chi connectivity index (χ1v) is 10.5. The van der Waals surface area contributed by atoms with E-state index < -0.39 is 16.0 Å². The second-order valence-corrected chi connectivity index (χ2v) is 8.30. The quantitative estimate of drug-likeness (QED) is 0.552. The van der Waals surface area contributed by atoms with E-state index in [-0.39, 0.29) is 16.5 Å². The molecule has 2 aromatic carbocycles. The summed E-state index contributed by atoms with van der Waals surface area (Å²) in [5.74, 6) is -0.465. The average molecular weight is 398 g/mol. The third-order valence-electron chi connectivity index (χ3n) is 4.43. The van der Waals surface area contributed by atoms with E-state index in [0.717, 1.165) is 11.1 Å². The topological polar surface area (TPSA) is 76.0 Å². The summed E-state index contributed by atoms with van der Waals surface area (Å²) in [7, 11) is -3.61. The number of carbonyl (C=O) groups is 1. The molecule has 2 aromatic rings. The molecule has 6 nitrogen and oxygen atoms in total. The molecule has 0 radical (unpaired) electrons. The molecule has 0 atom stereocenters. The maximum Gasteiger partial charge on any atom is 0.363 e. The predicted octanol–water partition coefficient (Wildman–Crippen LogP) is 3.37. The summed E-state index contributed by atoms with van der Waals surface area (Å²) in [4.78, 5) is 16.6. The Labute approximate surface area is 165 Å². The van der Waals surface area contributed by atoms with Crippen LogP contribution in [0.1, 0.15) is 30.5 Å². The Balaban J connectivity index is 1.94. The van der Waals surface area contributed by atoms with E-state index >= 15 is 0 Å². The van der Waals surface area contributed by atoms with Crippen LogP contribution in [0.15, 0.2) is 64.1 Å². The van der Waals surface area contributed by atoms with Crippen LogP contribution in [-0.4, -0.2) is 37.7 Å². The molecule has 0 unspecified atom stereocenters. The molecular weight excluding hydrogens is 376 g/mol. The lowest BCUT2D eigenvalue weighted by Gasteiger charge is -2.18. The molecular formula is C21H22N2O4S. The fourth-order valence-corrected chi connectivity index (χ4v) is 4.36. The van der Waals surface area contributed by atoms with Gasteiger partial charge in [-0.2, -0.15) is 4.31 Å². The van der Waals surface area contributed by atoms with Gasteiger partial charge in [0.05, 0.1) is 4.90 Å². The van der Waals surface area contributed by atoms with Crippen LogP contribution in [0.5, 0.6) is 0 Å². The predicted molar refractivity (Wildman–Crippen MR) is 108 cm³/mol. The molecule has 146 valence electrons. The van der Waals surface area contributed by atoms with Gasteiger partial charge in [0, 0.05) is 18.7 Å². The van der Waals surface area contributed by atoms with Crippen LogP contribution in [0.25, 0.3) is 6.08 Å². The van der Waals surface area contributed by atoms with Crippen LogP contribution in [0, 0.1) is 6.92 Å². The van der Waals surface area contributed by atoms with Crippen LogP contribution in [0.3, 0.4) is 0 Å². The van der Waals surface area contributed by atoms with Gasteiger partial charge in [-0.3, -0.25) is 0 Å². The van der Waals surface area contributed by atoms with Gasteiger partial charge >= 0.3 is 5.97 Å². The third kappa shape index (κ3) is 4.05. The third-order valence-corrected chi connectivity index (χ3v) is 6.47. The molecule has 1 heterocycles. The maximum atomic E-state index is 12.7. The molecule has 28 heavy (non-hydrogen) atoms. The largest absolute Gasteiger partial charge is 0.402 e. The lowest BCUT2D eigenvalue weighted by molar-refractivity contribution is -0.129. The number of rotatable bonds is 6. The Morgan fingerprint density at radius 2 is 1.75 bits per heavy atom. The van der Waals surface area contributed by atoms with Crippen LogP contribution < -0.4 is 0 Å². The first kappa shape index (κ1) is 20.0. The molecule has 0 fully saturated rings. The van der Waals surface area contributed by atoms with Gasteiger partial charge in [0.2, 0.25) is 15.9 Å². The number of carbonyl (C=O) groups excluding carboxylic acids is 1. The van der Waals surface area contributed by atoms with Crippen molar-refractivity contribution in [1.82, 2.24) is 4.31 Å². The molecule has 0 spiro atoms. The molecule has 0 amide bonds. The number of aliphatic imine (C=N–C) groups is 1. The minimum absolute atomic E-state index is 0.0972. The van der Waals surface area contributed by atoms with Crippen LogP contribution in [-0.2, 0) is 19.6 Å². The number of cyclic esters (lactones) is 1. The summed E-state index contributed by atoms with van der Waals surface area (Å²) in [5.41, 5.74) is 2.57. The molecule has 0 aliphatic carbocycles. The van der Waals surface area contributed by atoms with Gasteiger partial charge in [0.25, 0.3) is 0 Å². The van der Waals surface area contributed by atoms with E-state index in [2.05, 4.69) is 4.99 Å². The average Bonchev–Trinajstić information content (AvgIpc) is 3.05. The van der Waals surface area contributed by atoms with Crippen molar-refractivity contribution in [3.63, 3.8) is 0 Å². The van der Waals surface area contributed by atoms with Gasteiger partial charge in [-0.05, 0) is 36.8 Å². The standard InChI is InChI=1S/C21H22N2O4S/c1-4-23(5-2)28(25,26)18-8-6-7-17(14-18)20-22-19(21(24)27-20)13-16-11-9-15(3)10-12-16/h6-14H,4-5H2,1-3H3/b19-13+. The number of benzene rings is 2. The summed E-state index contributed by atoms with van der Waals surface area (Å²) in [5, 5.41) is 0. The highest BCUT2D eigenvalue weighted by Crippen LogP contribution is 2.22. The second-order valence-electron chi connectivity index (χ2n) is 6.36. The molecule has 7 heteroatoms. The minimum Gasteiger partial charge on any atom is -0.402 e. The Kier molecular flexibility index (Phi) is 5.76. The summed E-state index contributed by atoms with van der Waals surface area (Å²) >= 11 is 0. The first-order valence-electron chi connectivity index (χ1n) is 9.05. The molecule has 1 aliphatic heterocycles. The summed E-state index contributed by atoms with van der Waals surface area (Å²) in [6, 6.07) is 14.0. The van der Waals surface area contributed by atoms with Crippen molar-refractivity contribution in [2.24, 2.45) is 4.99 Å². The zero-order valence-electron chi connectivity index (χ0n) is 16.0. The van der Waals surface area contributed by atoms with E-state index in [1.165, 1.54) is 16.4 Å². The Bertz CT molecular complexity index is 1050. The van der Waals surface area contributed by atoms with Gasteiger partial charge in [0.1, 0.15) is 0 Å². The van der Waals surface area contributed by atoms with Crippen molar-refractivity contribution < 1.29 is 17.9 Å². The number of hydrogen-bond acceptors (Lipinski definition) is 5. The lowest BCUT2D eigenvalue weighted by atomic mass is 10.1. The molecule has 0 N–H and O–H groups in total. The van der Waals surface area contributed by atoms with Crippen LogP contribution in [0.4, 0.5) is 0 Å². The van der Waals surface area contributed by atoms with Crippen molar-refractivity contribution in [1.29, 1.82) is 0 Å². The van der Waals surface area contributed by atoms with Gasteiger partial charge in [0.15, 0.2) is 5.70 Å². The van der Waals surface area contributed by atoms with Crippen molar-refractivity contribution in [3.05, 3.63) is 70.9 Å². The van der Waals surface area contributed by atoms with Crippen LogP contribution >= 0.6 is 0 Å². The molecule has 0 aromatic heterocycles. The summed E-state index contributed by atoms with van der Waals surface area (Å²) in [6.45, 7) is 6.31. The number of esters is 1. The fourth-order valence-electron chi connectivity index (χ4n) is 2.86. The van der Waals surface area contributed by atoms with Gasteiger partial charge < -0.3 is 4.74 Å². The molecule has 0 saturated carbocycles. The maximum absolute atomic E-state index is 12.7. The second kappa shape index (κ2) is 8.08. The van der Waals surface area contributed by atoms with Crippen LogP contribution in [0.2, 0.25) is 0 Å². The van der Waals surface area contributed by atoms with Crippen molar-refractivity contribution >= 4 is 28.0 Å². The number of hydrogen-bond donors (Lipinski definition) is 0. The highest BCUT2D eigenvalue weighted by Gasteiger charge is 2.27.